The van der Waals surface area contributed by atoms with Crippen LogP contribution in [-0.4, -0.2) is 23.5 Å². The molecule has 0 saturated heterocycles. The molecule has 1 heterocycles. The number of amides is 1. The minimum absolute atomic E-state index is 0.00602. The lowest BCUT2D eigenvalue weighted by molar-refractivity contribution is 0.0734. The maximum atomic E-state index is 13.0. The lowest BCUT2D eigenvalue weighted by Crippen LogP contribution is -2.52. The van der Waals surface area contributed by atoms with Crippen molar-refractivity contribution in [3.8, 4) is 5.75 Å². The van der Waals surface area contributed by atoms with Crippen LogP contribution in [0.4, 0.5) is 0 Å². The Kier molecular flexibility index (Phi) is 4.48. The van der Waals surface area contributed by atoms with E-state index in [0.29, 0.717) is 5.69 Å². The summed E-state index contributed by atoms with van der Waals surface area (Å²) in [5, 5.41) is 4.39. The highest BCUT2D eigenvalue weighted by Gasteiger charge is 2.59. The van der Waals surface area contributed by atoms with E-state index in [4.69, 9.17) is 4.74 Å². The summed E-state index contributed by atoms with van der Waals surface area (Å²) in [7, 11) is 0. The van der Waals surface area contributed by atoms with Crippen LogP contribution in [0.15, 0.2) is 24.3 Å². The molecule has 2 aliphatic rings. The van der Waals surface area contributed by atoms with Crippen molar-refractivity contribution < 1.29 is 9.53 Å². The van der Waals surface area contributed by atoms with Crippen LogP contribution in [0, 0.1) is 16.7 Å². The molecule has 1 aromatic heterocycles. The molecule has 27 heavy (non-hydrogen) atoms. The third kappa shape index (κ3) is 3.13. The Bertz CT molecular complexity index is 848. The van der Waals surface area contributed by atoms with Crippen LogP contribution in [0.5, 0.6) is 5.75 Å². The molecule has 4 rings (SSSR count). The molecule has 4 nitrogen and oxygen atoms in total. The van der Waals surface area contributed by atoms with Crippen LogP contribution in [0.25, 0.3) is 10.9 Å². The smallest absolute Gasteiger partial charge is 0.267 e. The van der Waals surface area contributed by atoms with Gasteiger partial charge < -0.3 is 15.0 Å². The van der Waals surface area contributed by atoms with Gasteiger partial charge in [0.15, 0.2) is 0 Å². The highest BCUT2D eigenvalue weighted by molar-refractivity contribution is 5.98. The first-order valence-corrected chi connectivity index (χ1v) is 10.4. The predicted molar refractivity (Wildman–Crippen MR) is 109 cm³/mol. The van der Waals surface area contributed by atoms with Crippen LogP contribution in [0.1, 0.15) is 70.3 Å². The third-order valence-electron chi connectivity index (χ3n) is 7.15. The van der Waals surface area contributed by atoms with Crippen molar-refractivity contribution in [2.24, 2.45) is 16.7 Å². The molecule has 146 valence electrons. The van der Waals surface area contributed by atoms with Gasteiger partial charge in [-0.3, -0.25) is 4.79 Å². The number of carbonyl (C=O) groups excluding carboxylic acids is 1. The Morgan fingerprint density at radius 2 is 2.11 bits per heavy atom. The number of aromatic nitrogens is 1. The lowest BCUT2D eigenvalue weighted by Gasteiger charge is -2.43. The minimum atomic E-state index is 0.00602. The van der Waals surface area contributed by atoms with Gasteiger partial charge >= 0.3 is 0 Å². The fourth-order valence-corrected chi connectivity index (χ4v) is 5.53. The largest absolute Gasteiger partial charge is 0.494 e. The highest BCUT2D eigenvalue weighted by atomic mass is 16.5. The highest BCUT2D eigenvalue weighted by Crippen LogP contribution is 2.62. The average Bonchev–Trinajstić information content (AvgIpc) is 3.27. The van der Waals surface area contributed by atoms with Gasteiger partial charge in [-0.1, -0.05) is 34.1 Å². The van der Waals surface area contributed by atoms with Crippen molar-refractivity contribution >= 4 is 16.8 Å². The second kappa shape index (κ2) is 6.57. The standard InChI is InChI=1S/C23H32N2O2/c1-5-6-11-27-17-7-8-18-15(12-17)13-19(24-18)20(26)25-21-22(2,3)16-9-10-23(21,4)14-16/h7-8,12-13,16,21,24H,5-6,9-11,14H2,1-4H3,(H,25,26)/t16?,21?,23-/m0/s1. The molecule has 0 radical (unpaired) electrons. The van der Waals surface area contributed by atoms with Crippen LogP contribution in [0.3, 0.4) is 0 Å². The SMILES string of the molecule is CCCCOc1ccc2[nH]c(C(=O)NC3C(C)(C)C4CC[C@@]3(C)C4)cc2c1. The zero-order valence-corrected chi connectivity index (χ0v) is 17.0. The van der Waals surface area contributed by atoms with E-state index >= 15 is 0 Å². The summed E-state index contributed by atoms with van der Waals surface area (Å²) in [6.45, 7) is 9.87. The topological polar surface area (TPSA) is 54.1 Å². The number of unbranched alkanes of at least 4 members (excludes halogenated alkanes) is 1. The summed E-state index contributed by atoms with van der Waals surface area (Å²) in [5.41, 5.74) is 2.00. The van der Waals surface area contributed by atoms with Gasteiger partial charge in [0.2, 0.25) is 0 Å². The maximum absolute atomic E-state index is 13.0. The van der Waals surface area contributed by atoms with Crippen LogP contribution in [-0.2, 0) is 0 Å². The fraction of sp³-hybridized carbons (Fsp3) is 0.609. The normalized spacial score (nSPS) is 28.6. The number of ether oxygens (including phenoxy) is 1. The molecule has 2 aromatic rings. The van der Waals surface area contributed by atoms with Gasteiger partial charge in [-0.25, -0.2) is 0 Å². The molecular formula is C23H32N2O2. The van der Waals surface area contributed by atoms with Crippen molar-refractivity contribution in [2.45, 2.75) is 65.8 Å². The number of hydrogen-bond acceptors (Lipinski definition) is 2. The van der Waals surface area contributed by atoms with Gasteiger partial charge in [0.05, 0.1) is 6.61 Å². The number of hydrogen-bond donors (Lipinski definition) is 2. The summed E-state index contributed by atoms with van der Waals surface area (Å²) in [4.78, 5) is 16.3. The minimum Gasteiger partial charge on any atom is -0.494 e. The number of fused-ring (bicyclic) bond motifs is 3. The summed E-state index contributed by atoms with van der Waals surface area (Å²) in [6, 6.07) is 8.16. The van der Waals surface area contributed by atoms with Gasteiger partial charge in [0.1, 0.15) is 11.4 Å². The molecular weight excluding hydrogens is 336 g/mol. The van der Waals surface area contributed by atoms with E-state index in [1.165, 1.54) is 19.3 Å². The average molecular weight is 369 g/mol. The Labute approximate surface area is 162 Å². The van der Waals surface area contributed by atoms with E-state index in [0.717, 1.165) is 42.0 Å². The molecule has 4 heteroatoms. The summed E-state index contributed by atoms with van der Waals surface area (Å²) < 4.78 is 5.79. The van der Waals surface area contributed by atoms with Crippen molar-refractivity contribution in [1.82, 2.24) is 10.3 Å². The third-order valence-corrected chi connectivity index (χ3v) is 7.15. The number of nitrogens with one attached hydrogen (secondary N) is 2. The number of benzene rings is 1. The monoisotopic (exact) mass is 368 g/mol. The maximum Gasteiger partial charge on any atom is 0.267 e. The van der Waals surface area contributed by atoms with Gasteiger partial charge in [-0.15, -0.1) is 0 Å². The zero-order valence-electron chi connectivity index (χ0n) is 17.0. The Hall–Kier alpha value is -1.97. The lowest BCUT2D eigenvalue weighted by atomic mass is 9.68. The molecule has 2 N–H and O–H groups in total. The molecule has 2 unspecified atom stereocenters. The van der Waals surface area contributed by atoms with E-state index in [1.54, 1.807) is 0 Å². The number of carbonyl (C=O) groups is 1. The number of aromatic amines is 1. The zero-order chi connectivity index (χ0) is 19.2. The van der Waals surface area contributed by atoms with Crippen LogP contribution < -0.4 is 10.1 Å². The second-order valence-electron chi connectivity index (χ2n) is 9.46. The van der Waals surface area contributed by atoms with Gasteiger partial charge in [-0.2, -0.15) is 0 Å². The fourth-order valence-electron chi connectivity index (χ4n) is 5.53. The molecule has 0 spiro atoms. The van der Waals surface area contributed by atoms with Crippen LogP contribution in [0.2, 0.25) is 0 Å². The molecule has 2 aliphatic carbocycles. The quantitative estimate of drug-likeness (QED) is 0.681. The molecule has 2 bridgehead atoms. The van der Waals surface area contributed by atoms with E-state index in [-0.39, 0.29) is 22.8 Å². The Morgan fingerprint density at radius 3 is 2.81 bits per heavy atom. The van der Waals surface area contributed by atoms with Crippen molar-refractivity contribution in [3.05, 3.63) is 30.0 Å². The van der Waals surface area contributed by atoms with E-state index in [9.17, 15) is 4.79 Å². The number of rotatable bonds is 6. The Morgan fingerprint density at radius 1 is 1.30 bits per heavy atom. The molecule has 1 amide bonds. The molecule has 3 atom stereocenters. The van der Waals surface area contributed by atoms with E-state index in [2.05, 4.69) is 38.0 Å². The van der Waals surface area contributed by atoms with Gasteiger partial charge in [0, 0.05) is 16.9 Å². The van der Waals surface area contributed by atoms with Crippen LogP contribution >= 0.6 is 0 Å². The number of H-pyrrole nitrogens is 1. The second-order valence-corrected chi connectivity index (χ2v) is 9.46. The Balaban J connectivity index is 1.51. The van der Waals surface area contributed by atoms with Crippen molar-refractivity contribution in [1.29, 1.82) is 0 Å². The summed E-state index contributed by atoms with van der Waals surface area (Å²) >= 11 is 0. The predicted octanol–water partition coefficient (Wildman–Crippen LogP) is 5.29. The van der Waals surface area contributed by atoms with E-state index in [1.807, 2.05) is 24.3 Å². The van der Waals surface area contributed by atoms with Gasteiger partial charge in [-0.05, 0) is 66.7 Å². The van der Waals surface area contributed by atoms with Gasteiger partial charge in [0.25, 0.3) is 5.91 Å². The molecule has 2 saturated carbocycles. The first-order valence-electron chi connectivity index (χ1n) is 10.4. The summed E-state index contributed by atoms with van der Waals surface area (Å²) in [6.07, 6.45) is 5.92. The first kappa shape index (κ1) is 18.4. The van der Waals surface area contributed by atoms with Crippen molar-refractivity contribution in [2.75, 3.05) is 6.61 Å². The molecule has 1 aromatic carbocycles. The molecule has 0 aliphatic heterocycles. The summed E-state index contributed by atoms with van der Waals surface area (Å²) in [5.74, 6) is 1.59. The first-order chi connectivity index (χ1) is 12.8. The van der Waals surface area contributed by atoms with E-state index < -0.39 is 0 Å². The van der Waals surface area contributed by atoms with Crippen molar-refractivity contribution in [3.63, 3.8) is 0 Å². The molecule has 2 fully saturated rings.